The second-order valence-corrected chi connectivity index (χ2v) is 7.14. The minimum atomic E-state index is -0.485. The fraction of sp³-hybridized carbons (Fsp3) is 0.182. The Bertz CT molecular complexity index is 1080. The molecule has 4 rings (SSSR count). The Morgan fingerprint density at radius 2 is 1.86 bits per heavy atom. The molecular formula is C22H21FN4O2. The molecule has 1 aliphatic heterocycles. The summed E-state index contributed by atoms with van der Waals surface area (Å²) in [7, 11) is 0. The van der Waals surface area contributed by atoms with Crippen LogP contribution in [-0.2, 0) is 11.3 Å². The molecule has 29 heavy (non-hydrogen) atoms. The molecule has 3 N–H and O–H groups in total. The van der Waals surface area contributed by atoms with E-state index in [-0.39, 0.29) is 17.6 Å². The zero-order chi connectivity index (χ0) is 20.5. The number of halogens is 1. The summed E-state index contributed by atoms with van der Waals surface area (Å²) in [5, 5.41) is 0.943. The van der Waals surface area contributed by atoms with Crippen molar-refractivity contribution < 1.29 is 14.0 Å². The average molecular weight is 392 g/mol. The fourth-order valence-electron chi connectivity index (χ4n) is 3.47. The number of aromatic amines is 1. The van der Waals surface area contributed by atoms with Crippen molar-refractivity contribution in [3.63, 3.8) is 0 Å². The summed E-state index contributed by atoms with van der Waals surface area (Å²) in [5.41, 5.74) is 9.22. The Balaban J connectivity index is 1.49. The molecule has 1 atom stereocenters. The summed E-state index contributed by atoms with van der Waals surface area (Å²) in [6.07, 6.45) is -0.485. The Morgan fingerprint density at radius 1 is 1.14 bits per heavy atom. The lowest BCUT2D eigenvalue weighted by Gasteiger charge is -2.27. The van der Waals surface area contributed by atoms with Gasteiger partial charge in [-0.05, 0) is 49.2 Å². The number of carbonyl (C=O) groups excluding carboxylic acids is 2. The largest absolute Gasteiger partial charge is 0.350 e. The first kappa shape index (κ1) is 18.9. The first-order valence-corrected chi connectivity index (χ1v) is 9.30. The van der Waals surface area contributed by atoms with Gasteiger partial charge in [-0.25, -0.2) is 9.82 Å². The van der Waals surface area contributed by atoms with Crippen molar-refractivity contribution in [1.29, 1.82) is 0 Å². The normalized spacial score (nSPS) is 16.7. The van der Waals surface area contributed by atoms with Crippen LogP contribution in [0.5, 0.6) is 0 Å². The lowest BCUT2D eigenvalue weighted by molar-refractivity contribution is -0.128. The zero-order valence-corrected chi connectivity index (χ0v) is 16.1. The van der Waals surface area contributed by atoms with Crippen molar-refractivity contribution in [2.45, 2.75) is 26.6 Å². The Kier molecular flexibility index (Phi) is 4.90. The first-order valence-electron chi connectivity index (χ1n) is 9.30. The molecule has 0 aliphatic carbocycles. The predicted octanol–water partition coefficient (Wildman–Crippen LogP) is 3.25. The van der Waals surface area contributed by atoms with Crippen LogP contribution in [0.25, 0.3) is 10.9 Å². The second kappa shape index (κ2) is 7.52. The molecule has 3 aromatic rings. The van der Waals surface area contributed by atoms with Gasteiger partial charge in [0, 0.05) is 23.0 Å². The van der Waals surface area contributed by atoms with Crippen molar-refractivity contribution in [3.8, 4) is 0 Å². The van der Waals surface area contributed by atoms with E-state index in [1.165, 1.54) is 12.1 Å². The minimum absolute atomic E-state index is 0.121. The van der Waals surface area contributed by atoms with E-state index < -0.39 is 6.17 Å². The second-order valence-electron chi connectivity index (χ2n) is 7.14. The molecule has 7 heteroatoms. The first-order chi connectivity index (χ1) is 13.9. The molecule has 0 saturated carbocycles. The number of nitrogens with zero attached hydrogens (tertiary/aromatic N) is 1. The molecule has 0 radical (unpaired) electrons. The summed E-state index contributed by atoms with van der Waals surface area (Å²) in [6.45, 7) is 3.91. The number of rotatable bonds is 5. The smallest absolute Gasteiger partial charge is 0.281 e. The highest BCUT2D eigenvalue weighted by atomic mass is 19.1. The molecule has 2 amide bonds. The number of hydrogen-bond donors (Lipinski definition) is 3. The summed E-state index contributed by atoms with van der Waals surface area (Å²) >= 11 is 0. The maximum absolute atomic E-state index is 13.2. The van der Waals surface area contributed by atoms with E-state index in [0.717, 1.165) is 22.0 Å². The monoisotopic (exact) mass is 392 g/mol. The van der Waals surface area contributed by atoms with Gasteiger partial charge >= 0.3 is 0 Å². The van der Waals surface area contributed by atoms with Crippen LogP contribution < -0.4 is 10.9 Å². The van der Waals surface area contributed by atoms with Gasteiger partial charge in [-0.3, -0.25) is 15.0 Å². The zero-order valence-electron chi connectivity index (χ0n) is 16.1. The van der Waals surface area contributed by atoms with Gasteiger partial charge in [-0.1, -0.05) is 30.3 Å². The molecule has 148 valence electrons. The highest BCUT2D eigenvalue weighted by Gasteiger charge is 2.35. The SMILES string of the molecule is CC1=C(C)[C@H](NNC(=O)c2cc3ccccc3[nH]2)N(Cc2ccc(F)cc2)C1=O. The number of aromatic nitrogens is 1. The topological polar surface area (TPSA) is 77.2 Å². The average Bonchev–Trinajstić information content (AvgIpc) is 3.24. The van der Waals surface area contributed by atoms with Crippen LogP contribution in [0, 0.1) is 5.82 Å². The lowest BCUT2D eigenvalue weighted by Crippen LogP contribution is -2.52. The summed E-state index contributed by atoms with van der Waals surface area (Å²) < 4.78 is 13.2. The van der Waals surface area contributed by atoms with Crippen molar-refractivity contribution in [1.82, 2.24) is 20.7 Å². The fourth-order valence-corrected chi connectivity index (χ4v) is 3.47. The number of fused-ring (bicyclic) bond motifs is 1. The number of hydrogen-bond acceptors (Lipinski definition) is 3. The highest BCUT2D eigenvalue weighted by Crippen LogP contribution is 2.25. The van der Waals surface area contributed by atoms with Crippen molar-refractivity contribution in [2.24, 2.45) is 0 Å². The van der Waals surface area contributed by atoms with Crippen LogP contribution in [0.1, 0.15) is 29.9 Å². The standard InChI is InChI=1S/C22H21FN4O2/c1-13-14(2)22(29)27(12-15-7-9-17(23)10-8-15)20(13)25-26-21(28)19-11-16-5-3-4-6-18(16)24-19/h3-11,20,24-25H,12H2,1-2H3,(H,26,28)/t20-/m1/s1. The third kappa shape index (κ3) is 3.64. The van der Waals surface area contributed by atoms with Crippen LogP contribution in [0.2, 0.25) is 0 Å². The number of nitrogens with one attached hydrogen (secondary N) is 3. The van der Waals surface area contributed by atoms with Gasteiger partial charge in [0.25, 0.3) is 11.8 Å². The molecule has 0 fully saturated rings. The minimum Gasteiger partial charge on any atom is -0.350 e. The van der Waals surface area contributed by atoms with Crippen LogP contribution in [0.3, 0.4) is 0 Å². The Hall–Kier alpha value is -3.45. The molecule has 0 spiro atoms. The summed E-state index contributed by atoms with van der Waals surface area (Å²) in [4.78, 5) is 29.9. The van der Waals surface area contributed by atoms with Crippen LogP contribution in [0.15, 0.2) is 65.7 Å². The van der Waals surface area contributed by atoms with Gasteiger partial charge in [-0.2, -0.15) is 0 Å². The van der Waals surface area contributed by atoms with Gasteiger partial charge in [0.15, 0.2) is 0 Å². The molecule has 2 aromatic carbocycles. The van der Waals surface area contributed by atoms with E-state index in [1.54, 1.807) is 30.0 Å². The maximum atomic E-state index is 13.2. The van der Waals surface area contributed by atoms with Crippen molar-refractivity contribution in [2.75, 3.05) is 0 Å². The van der Waals surface area contributed by atoms with Crippen LogP contribution in [0.4, 0.5) is 4.39 Å². The Labute approximate surface area is 167 Å². The highest BCUT2D eigenvalue weighted by molar-refractivity contribution is 5.98. The van der Waals surface area contributed by atoms with Gasteiger partial charge in [-0.15, -0.1) is 0 Å². The van der Waals surface area contributed by atoms with E-state index in [4.69, 9.17) is 0 Å². The van der Waals surface area contributed by atoms with E-state index in [2.05, 4.69) is 15.8 Å². The van der Waals surface area contributed by atoms with Crippen LogP contribution in [-0.4, -0.2) is 27.9 Å². The molecule has 0 unspecified atom stereocenters. The third-order valence-electron chi connectivity index (χ3n) is 5.26. The molecule has 0 bridgehead atoms. The van der Waals surface area contributed by atoms with Crippen molar-refractivity contribution >= 4 is 22.7 Å². The molecule has 6 nitrogen and oxygen atoms in total. The third-order valence-corrected chi connectivity index (χ3v) is 5.26. The van der Waals surface area contributed by atoms with Crippen molar-refractivity contribution in [3.05, 3.63) is 82.8 Å². The number of hydrazine groups is 1. The number of H-pyrrole nitrogens is 1. The number of carbonyl (C=O) groups is 2. The van der Waals surface area contributed by atoms with E-state index in [1.807, 2.05) is 31.2 Å². The Morgan fingerprint density at radius 3 is 2.59 bits per heavy atom. The number of para-hydroxylation sites is 1. The van der Waals surface area contributed by atoms with Gasteiger partial charge in [0.1, 0.15) is 17.7 Å². The van der Waals surface area contributed by atoms with E-state index >= 15 is 0 Å². The number of amides is 2. The van der Waals surface area contributed by atoms with Gasteiger partial charge in [0.2, 0.25) is 0 Å². The van der Waals surface area contributed by atoms with E-state index in [9.17, 15) is 14.0 Å². The molecule has 0 saturated heterocycles. The maximum Gasteiger partial charge on any atom is 0.281 e. The molecule has 1 aliphatic rings. The van der Waals surface area contributed by atoms with E-state index in [0.29, 0.717) is 17.8 Å². The van der Waals surface area contributed by atoms with Crippen LogP contribution >= 0.6 is 0 Å². The molecule has 2 heterocycles. The lowest BCUT2D eigenvalue weighted by atomic mass is 10.2. The summed E-state index contributed by atoms with van der Waals surface area (Å²) in [5.74, 6) is -0.774. The van der Waals surface area contributed by atoms with Gasteiger partial charge < -0.3 is 9.88 Å². The van der Waals surface area contributed by atoms with Gasteiger partial charge in [0.05, 0.1) is 0 Å². The predicted molar refractivity (Wildman–Crippen MR) is 108 cm³/mol. The molecular weight excluding hydrogens is 371 g/mol. The number of benzene rings is 2. The quantitative estimate of drug-likeness (QED) is 0.584. The molecule has 1 aromatic heterocycles. The summed E-state index contributed by atoms with van der Waals surface area (Å²) in [6, 6.07) is 15.4.